The smallest absolute Gasteiger partial charge is 0.228 e. The zero-order valence-corrected chi connectivity index (χ0v) is 14.9. The highest BCUT2D eigenvalue weighted by molar-refractivity contribution is 14.1. The maximum atomic E-state index is 12.3. The fourth-order valence-electron chi connectivity index (χ4n) is 2.15. The summed E-state index contributed by atoms with van der Waals surface area (Å²) >= 11 is 2.25. The number of amides is 1. The van der Waals surface area contributed by atoms with Gasteiger partial charge < -0.3 is 14.8 Å². The van der Waals surface area contributed by atoms with E-state index in [9.17, 15) is 4.79 Å². The molecular weight excluding hydrogens is 393 g/mol. The van der Waals surface area contributed by atoms with E-state index in [4.69, 9.17) is 9.47 Å². The quantitative estimate of drug-likeness (QED) is 0.762. The van der Waals surface area contributed by atoms with Crippen LogP contribution in [0.2, 0.25) is 0 Å². The average Bonchev–Trinajstić information content (AvgIpc) is 2.50. The van der Waals surface area contributed by atoms with Gasteiger partial charge in [-0.2, -0.15) is 0 Å². The lowest BCUT2D eigenvalue weighted by atomic mass is 10.1. The number of benzene rings is 2. The molecule has 0 saturated heterocycles. The number of methoxy groups -OCH3 is 2. The maximum Gasteiger partial charge on any atom is 0.228 e. The van der Waals surface area contributed by atoms with Crippen molar-refractivity contribution < 1.29 is 14.3 Å². The summed E-state index contributed by atoms with van der Waals surface area (Å²) in [7, 11) is 3.19. The molecule has 0 aliphatic heterocycles. The van der Waals surface area contributed by atoms with E-state index in [1.165, 1.54) is 0 Å². The highest BCUT2D eigenvalue weighted by Crippen LogP contribution is 2.25. The Bertz CT molecular complexity index is 686. The lowest BCUT2D eigenvalue weighted by molar-refractivity contribution is -0.115. The Morgan fingerprint density at radius 3 is 2.55 bits per heavy atom. The molecule has 116 valence electrons. The number of ether oxygens (including phenoxy) is 2. The van der Waals surface area contributed by atoms with Crippen molar-refractivity contribution in [2.45, 2.75) is 13.3 Å². The van der Waals surface area contributed by atoms with Crippen molar-refractivity contribution in [2.24, 2.45) is 0 Å². The Kier molecular flexibility index (Phi) is 5.65. The van der Waals surface area contributed by atoms with Crippen molar-refractivity contribution in [3.63, 3.8) is 0 Å². The minimum atomic E-state index is -0.0872. The molecule has 5 heteroatoms. The summed E-state index contributed by atoms with van der Waals surface area (Å²) in [4.78, 5) is 12.3. The summed E-state index contributed by atoms with van der Waals surface area (Å²) in [6.07, 6.45) is 0.228. The van der Waals surface area contributed by atoms with Gasteiger partial charge >= 0.3 is 0 Å². The molecule has 1 N–H and O–H groups in total. The average molecular weight is 411 g/mol. The first-order chi connectivity index (χ1) is 10.5. The van der Waals surface area contributed by atoms with Gasteiger partial charge in [0, 0.05) is 14.8 Å². The second kappa shape index (κ2) is 7.49. The first-order valence-corrected chi connectivity index (χ1v) is 7.88. The number of aryl methyl sites for hydroxylation is 1. The van der Waals surface area contributed by atoms with Crippen LogP contribution in [0.25, 0.3) is 0 Å². The number of carbonyl (C=O) groups excluding carboxylic acids is 1. The molecule has 0 aromatic heterocycles. The molecule has 4 nitrogen and oxygen atoms in total. The van der Waals surface area contributed by atoms with Gasteiger partial charge in [0.1, 0.15) is 11.5 Å². The van der Waals surface area contributed by atoms with Gasteiger partial charge in [-0.3, -0.25) is 4.79 Å². The lowest BCUT2D eigenvalue weighted by Gasteiger charge is -2.12. The lowest BCUT2D eigenvalue weighted by Crippen LogP contribution is -2.15. The van der Waals surface area contributed by atoms with Gasteiger partial charge in [0.15, 0.2) is 0 Å². The third-order valence-electron chi connectivity index (χ3n) is 3.30. The zero-order chi connectivity index (χ0) is 16.1. The normalized spacial score (nSPS) is 10.2. The van der Waals surface area contributed by atoms with Gasteiger partial charge in [-0.25, -0.2) is 0 Å². The van der Waals surface area contributed by atoms with Crippen molar-refractivity contribution >= 4 is 34.2 Å². The fraction of sp³-hybridized carbons (Fsp3) is 0.235. The molecule has 0 heterocycles. The van der Waals surface area contributed by atoms with Crippen LogP contribution in [0.3, 0.4) is 0 Å². The molecule has 0 bridgehead atoms. The molecule has 2 aromatic rings. The van der Waals surface area contributed by atoms with Crippen molar-refractivity contribution in [3.8, 4) is 11.5 Å². The topological polar surface area (TPSA) is 47.6 Å². The minimum Gasteiger partial charge on any atom is -0.497 e. The maximum absolute atomic E-state index is 12.3. The fourth-order valence-corrected chi connectivity index (χ4v) is 2.80. The van der Waals surface area contributed by atoms with Crippen molar-refractivity contribution in [3.05, 3.63) is 51.1 Å². The first kappa shape index (κ1) is 16.6. The predicted octanol–water partition coefficient (Wildman–Crippen LogP) is 3.80. The Labute approximate surface area is 144 Å². The van der Waals surface area contributed by atoms with Gasteiger partial charge in [-0.15, -0.1) is 0 Å². The van der Waals surface area contributed by atoms with Crippen LogP contribution in [-0.2, 0) is 11.2 Å². The summed E-state index contributed by atoms with van der Waals surface area (Å²) in [6.45, 7) is 1.98. The SMILES string of the molecule is COc1ccc(OC)c(CC(=O)Nc2ccc(I)cc2C)c1. The van der Waals surface area contributed by atoms with E-state index in [1.807, 2.05) is 37.3 Å². The van der Waals surface area contributed by atoms with Gasteiger partial charge in [0.25, 0.3) is 0 Å². The van der Waals surface area contributed by atoms with Crippen LogP contribution in [0.4, 0.5) is 5.69 Å². The predicted molar refractivity (Wildman–Crippen MR) is 95.8 cm³/mol. The largest absolute Gasteiger partial charge is 0.497 e. The van der Waals surface area contributed by atoms with E-state index >= 15 is 0 Å². The van der Waals surface area contributed by atoms with E-state index < -0.39 is 0 Å². The molecule has 2 aromatic carbocycles. The third kappa shape index (κ3) is 4.13. The molecule has 2 rings (SSSR count). The molecule has 1 amide bonds. The van der Waals surface area contributed by atoms with Gasteiger partial charge in [-0.05, 0) is 71.5 Å². The van der Waals surface area contributed by atoms with Crippen LogP contribution in [0.1, 0.15) is 11.1 Å². The molecule has 0 saturated carbocycles. The number of nitrogens with one attached hydrogen (secondary N) is 1. The Morgan fingerprint density at radius 2 is 1.91 bits per heavy atom. The molecule has 0 fully saturated rings. The number of hydrogen-bond donors (Lipinski definition) is 1. The van der Waals surface area contributed by atoms with Crippen LogP contribution >= 0.6 is 22.6 Å². The molecule has 0 unspecified atom stereocenters. The standard InChI is InChI=1S/C17H18INO3/c1-11-8-13(18)4-6-15(11)19-17(20)10-12-9-14(21-2)5-7-16(12)22-3/h4-9H,10H2,1-3H3,(H,19,20). The molecular formula is C17H18INO3. The number of hydrogen-bond acceptors (Lipinski definition) is 3. The second-order valence-corrected chi connectivity index (χ2v) is 6.11. The van der Waals surface area contributed by atoms with E-state index in [2.05, 4.69) is 27.9 Å². The molecule has 22 heavy (non-hydrogen) atoms. The second-order valence-electron chi connectivity index (χ2n) is 4.86. The summed E-state index contributed by atoms with van der Waals surface area (Å²) in [5.74, 6) is 1.29. The van der Waals surface area contributed by atoms with Crippen LogP contribution in [0.5, 0.6) is 11.5 Å². The molecule has 0 radical (unpaired) electrons. The van der Waals surface area contributed by atoms with Crippen LogP contribution in [-0.4, -0.2) is 20.1 Å². The molecule has 0 spiro atoms. The minimum absolute atomic E-state index is 0.0872. The Morgan fingerprint density at radius 1 is 1.14 bits per heavy atom. The van der Waals surface area contributed by atoms with E-state index in [1.54, 1.807) is 20.3 Å². The van der Waals surface area contributed by atoms with E-state index in [-0.39, 0.29) is 12.3 Å². The number of halogens is 1. The monoisotopic (exact) mass is 411 g/mol. The zero-order valence-electron chi connectivity index (χ0n) is 12.8. The Balaban J connectivity index is 2.14. The number of carbonyl (C=O) groups is 1. The summed E-state index contributed by atoms with van der Waals surface area (Å²) in [6, 6.07) is 11.3. The van der Waals surface area contributed by atoms with Gasteiger partial charge in [0.2, 0.25) is 5.91 Å². The number of anilines is 1. The summed E-state index contributed by atoms with van der Waals surface area (Å²) in [5.41, 5.74) is 2.66. The molecule has 0 aliphatic rings. The number of rotatable bonds is 5. The summed E-state index contributed by atoms with van der Waals surface area (Å²) in [5, 5.41) is 2.94. The van der Waals surface area contributed by atoms with Crippen LogP contribution in [0.15, 0.2) is 36.4 Å². The summed E-state index contributed by atoms with van der Waals surface area (Å²) < 4.78 is 11.6. The van der Waals surface area contributed by atoms with Crippen LogP contribution < -0.4 is 14.8 Å². The van der Waals surface area contributed by atoms with Crippen molar-refractivity contribution in [1.29, 1.82) is 0 Å². The van der Waals surface area contributed by atoms with Crippen molar-refractivity contribution in [1.82, 2.24) is 0 Å². The molecule has 0 aliphatic carbocycles. The van der Waals surface area contributed by atoms with E-state index in [0.717, 1.165) is 20.4 Å². The van der Waals surface area contributed by atoms with Crippen LogP contribution in [0, 0.1) is 10.5 Å². The highest BCUT2D eigenvalue weighted by Gasteiger charge is 2.11. The van der Waals surface area contributed by atoms with Gasteiger partial charge in [0.05, 0.1) is 20.6 Å². The molecule has 0 atom stereocenters. The van der Waals surface area contributed by atoms with Gasteiger partial charge in [-0.1, -0.05) is 0 Å². The van der Waals surface area contributed by atoms with E-state index in [0.29, 0.717) is 11.5 Å². The Hall–Kier alpha value is -1.76. The third-order valence-corrected chi connectivity index (χ3v) is 3.97. The first-order valence-electron chi connectivity index (χ1n) is 6.80. The van der Waals surface area contributed by atoms with Crippen molar-refractivity contribution in [2.75, 3.05) is 19.5 Å². The highest BCUT2D eigenvalue weighted by atomic mass is 127.